The number of thiazole rings is 1. The van der Waals surface area contributed by atoms with Crippen LogP contribution in [0.4, 0.5) is 0 Å². The van der Waals surface area contributed by atoms with Crippen LogP contribution in [0.25, 0.3) is 10.9 Å². The highest BCUT2D eigenvalue weighted by Crippen LogP contribution is 2.29. The Labute approximate surface area is 230 Å². The number of amides is 2. The topological polar surface area (TPSA) is 128 Å². The van der Waals surface area contributed by atoms with Crippen LogP contribution in [0, 0.1) is 0 Å². The first-order valence-electron chi connectivity index (χ1n) is 11.7. The molecule has 3 aromatic rings. The van der Waals surface area contributed by atoms with Crippen molar-refractivity contribution in [3.63, 3.8) is 0 Å². The number of carbonyl (C=O) groups is 2. The molecule has 200 valence electrons. The summed E-state index contributed by atoms with van der Waals surface area (Å²) in [6.07, 6.45) is 0.739. The molecule has 1 saturated heterocycles. The first kappa shape index (κ1) is 27.8. The molecule has 0 saturated carbocycles. The maximum Gasteiger partial charge on any atom is 0.283 e. The molecule has 5 rings (SSSR count). The van der Waals surface area contributed by atoms with E-state index < -0.39 is 16.1 Å². The van der Waals surface area contributed by atoms with Gasteiger partial charge in [-0.1, -0.05) is 11.6 Å². The van der Waals surface area contributed by atoms with Gasteiger partial charge < -0.3 is 20.5 Å². The van der Waals surface area contributed by atoms with Gasteiger partial charge in [0.05, 0.1) is 11.7 Å². The number of aromatic amines is 1. The van der Waals surface area contributed by atoms with E-state index in [1.54, 1.807) is 29.2 Å². The predicted octanol–water partition coefficient (Wildman–Crippen LogP) is 2.39. The van der Waals surface area contributed by atoms with Crippen LogP contribution in [-0.4, -0.2) is 78.2 Å². The summed E-state index contributed by atoms with van der Waals surface area (Å²) in [4.78, 5) is 36.0. The van der Waals surface area contributed by atoms with Gasteiger partial charge in [-0.25, -0.2) is 13.4 Å². The van der Waals surface area contributed by atoms with Gasteiger partial charge in [-0.05, 0) is 31.2 Å². The minimum atomic E-state index is -3.89. The van der Waals surface area contributed by atoms with Gasteiger partial charge >= 0.3 is 0 Å². The Hall–Kier alpha value is -2.22. The molecule has 2 atom stereocenters. The second kappa shape index (κ2) is 10.9. The molecule has 0 radical (unpaired) electrons. The molecule has 1 fully saturated rings. The van der Waals surface area contributed by atoms with Crippen molar-refractivity contribution in [3.8, 4) is 0 Å². The molecule has 2 aliphatic heterocycles. The van der Waals surface area contributed by atoms with E-state index in [4.69, 9.17) is 11.6 Å². The van der Waals surface area contributed by atoms with Crippen molar-refractivity contribution < 1.29 is 18.0 Å². The Bertz CT molecular complexity index is 1440. The molecule has 0 spiro atoms. The summed E-state index contributed by atoms with van der Waals surface area (Å²) >= 11 is 7.41. The lowest BCUT2D eigenvalue weighted by atomic mass is 10.1. The summed E-state index contributed by atoms with van der Waals surface area (Å²) in [5.41, 5.74) is 1.59. The number of carbonyl (C=O) groups excluding carboxylic acids is 2. The number of piperazine rings is 1. The molecular weight excluding hydrogens is 559 g/mol. The summed E-state index contributed by atoms with van der Waals surface area (Å²) in [5, 5.41) is 7.58. The molecule has 0 bridgehead atoms. The number of H-pyrrole nitrogens is 1. The van der Waals surface area contributed by atoms with Crippen molar-refractivity contribution in [1.29, 1.82) is 0 Å². The Kier molecular flexibility index (Phi) is 8.17. The molecule has 2 amide bonds. The maximum atomic E-state index is 13.5. The van der Waals surface area contributed by atoms with Gasteiger partial charge in [0.15, 0.2) is 5.01 Å². The smallest absolute Gasteiger partial charge is 0.283 e. The molecule has 3 N–H and O–H groups in total. The molecule has 4 heterocycles. The number of sulfonamides is 1. The summed E-state index contributed by atoms with van der Waals surface area (Å²) in [6, 6.07) is 6.33. The van der Waals surface area contributed by atoms with Crippen molar-refractivity contribution in [1.82, 2.24) is 29.8 Å². The zero-order valence-electron chi connectivity index (χ0n) is 20.3. The molecule has 0 aliphatic carbocycles. The van der Waals surface area contributed by atoms with Crippen LogP contribution in [-0.2, 0) is 27.8 Å². The average molecular weight is 588 g/mol. The number of fused-ring (bicyclic) bond motifs is 2. The summed E-state index contributed by atoms with van der Waals surface area (Å²) < 4.78 is 28.3. The Morgan fingerprint density at radius 3 is 2.81 bits per heavy atom. The molecule has 2 aliphatic rings. The van der Waals surface area contributed by atoms with E-state index in [2.05, 4.69) is 27.5 Å². The number of nitrogens with zero attached hydrogens (tertiary/aromatic N) is 3. The van der Waals surface area contributed by atoms with Crippen molar-refractivity contribution in [2.45, 2.75) is 43.4 Å². The van der Waals surface area contributed by atoms with E-state index in [1.165, 1.54) is 22.7 Å². The third-order valence-corrected chi connectivity index (χ3v) is 9.76. The number of halogens is 2. The molecule has 14 heteroatoms. The quantitative estimate of drug-likeness (QED) is 0.421. The van der Waals surface area contributed by atoms with Crippen molar-refractivity contribution in [2.75, 3.05) is 26.7 Å². The molecule has 1 aromatic carbocycles. The van der Waals surface area contributed by atoms with E-state index in [9.17, 15) is 18.0 Å². The van der Waals surface area contributed by atoms with Crippen molar-refractivity contribution in [3.05, 3.63) is 44.9 Å². The lowest BCUT2D eigenvalue weighted by Crippen LogP contribution is -2.57. The second-order valence-corrected chi connectivity index (χ2v) is 12.6. The number of aromatic nitrogens is 2. The summed E-state index contributed by atoms with van der Waals surface area (Å²) in [6.45, 7) is 3.01. The predicted molar refractivity (Wildman–Crippen MR) is 145 cm³/mol. The van der Waals surface area contributed by atoms with E-state index in [-0.39, 0.29) is 61.3 Å². The van der Waals surface area contributed by atoms with Crippen LogP contribution in [0.5, 0.6) is 0 Å². The fourth-order valence-electron chi connectivity index (χ4n) is 4.68. The zero-order valence-corrected chi connectivity index (χ0v) is 23.5. The Balaban J connectivity index is 0.00000320. The van der Waals surface area contributed by atoms with Crippen molar-refractivity contribution >= 4 is 68.1 Å². The van der Waals surface area contributed by atoms with Crippen LogP contribution in [0.1, 0.15) is 33.7 Å². The lowest BCUT2D eigenvalue weighted by molar-refractivity contribution is -0.121. The van der Waals surface area contributed by atoms with Gasteiger partial charge in [-0.3, -0.25) is 9.59 Å². The van der Waals surface area contributed by atoms with Gasteiger partial charge in [-0.15, -0.1) is 23.7 Å². The highest BCUT2D eigenvalue weighted by atomic mass is 35.5. The maximum absolute atomic E-state index is 13.5. The van der Waals surface area contributed by atoms with Crippen LogP contribution < -0.4 is 10.6 Å². The number of nitrogens with one attached hydrogen (secondary N) is 3. The number of hydrogen-bond acceptors (Lipinski definition) is 7. The highest BCUT2D eigenvalue weighted by Gasteiger charge is 2.39. The zero-order chi connectivity index (χ0) is 25.6. The minimum Gasteiger partial charge on any atom is -0.359 e. The molecule has 37 heavy (non-hydrogen) atoms. The lowest BCUT2D eigenvalue weighted by Gasteiger charge is -2.40. The first-order chi connectivity index (χ1) is 17.2. The minimum absolute atomic E-state index is 0. The molecule has 2 aromatic heterocycles. The summed E-state index contributed by atoms with van der Waals surface area (Å²) in [7, 11) is -2.37. The third-order valence-electron chi connectivity index (χ3n) is 6.65. The fraction of sp³-hybridized carbons (Fsp3) is 0.435. The van der Waals surface area contributed by atoms with Gasteiger partial charge in [0.25, 0.3) is 15.9 Å². The molecular formula is C23H28Cl2N6O4S2. The molecule has 10 nitrogen and oxygen atoms in total. The van der Waals surface area contributed by atoms with Gasteiger partial charge in [0.1, 0.15) is 5.03 Å². The monoisotopic (exact) mass is 586 g/mol. The SMILES string of the molecule is CNC(=O)CC1CN(S(=O)(=O)c2cc3cc(Cl)ccc3[nH]2)CCN1C(=O)c1nc2c(s1)CNC(C)C2.Cl. The standard InChI is InChI=1S/C23H27ClN6O4S2.ClH/c1-13-7-18-19(11-26-13)35-22(28-18)23(32)30-6-5-29(12-16(30)10-20(31)25-2)36(33,34)21-9-14-8-15(24)3-4-17(14)27-21;/h3-4,8-9,13,16,26-27H,5-7,10-12H2,1-2H3,(H,25,31);1H. The van der Waals surface area contributed by atoms with Crippen LogP contribution in [0.2, 0.25) is 5.02 Å². The second-order valence-electron chi connectivity index (χ2n) is 9.13. The van der Waals surface area contributed by atoms with Crippen molar-refractivity contribution in [2.24, 2.45) is 0 Å². The van der Waals surface area contributed by atoms with Gasteiger partial charge in [0.2, 0.25) is 5.91 Å². The van der Waals surface area contributed by atoms with E-state index >= 15 is 0 Å². The number of rotatable bonds is 5. The van der Waals surface area contributed by atoms with Crippen LogP contribution >= 0.6 is 35.3 Å². The van der Waals surface area contributed by atoms with Crippen LogP contribution in [0.15, 0.2) is 29.3 Å². The molecule has 2 unspecified atom stereocenters. The van der Waals surface area contributed by atoms with Gasteiger partial charge in [-0.2, -0.15) is 4.31 Å². The largest absolute Gasteiger partial charge is 0.359 e. The average Bonchev–Trinajstić information content (AvgIpc) is 3.47. The fourth-order valence-corrected chi connectivity index (χ4v) is 7.34. The first-order valence-corrected chi connectivity index (χ1v) is 14.3. The number of hydrogen-bond donors (Lipinski definition) is 3. The third kappa shape index (κ3) is 5.50. The highest BCUT2D eigenvalue weighted by molar-refractivity contribution is 7.89. The number of benzene rings is 1. The van der Waals surface area contributed by atoms with E-state index in [0.29, 0.717) is 27.5 Å². The van der Waals surface area contributed by atoms with E-state index in [1.807, 2.05) is 0 Å². The van der Waals surface area contributed by atoms with Crippen LogP contribution in [0.3, 0.4) is 0 Å². The van der Waals surface area contributed by atoms with E-state index in [0.717, 1.165) is 17.0 Å². The Morgan fingerprint density at radius 2 is 2.05 bits per heavy atom. The van der Waals surface area contributed by atoms with Gasteiger partial charge in [0, 0.05) is 72.9 Å². The summed E-state index contributed by atoms with van der Waals surface area (Å²) in [5.74, 6) is -0.540. The normalized spacial score (nSPS) is 20.4. The Morgan fingerprint density at radius 1 is 1.27 bits per heavy atom.